The topological polar surface area (TPSA) is 71.8 Å². The molecule has 1 aliphatic heterocycles. The van der Waals surface area contributed by atoms with Gasteiger partial charge in [-0.15, -0.1) is 10.2 Å². The average molecular weight is 456 g/mol. The normalized spacial score (nSPS) is 17.2. The van der Waals surface area contributed by atoms with Crippen molar-refractivity contribution in [2.24, 2.45) is 0 Å². The van der Waals surface area contributed by atoms with Crippen molar-refractivity contribution < 1.29 is 4.79 Å². The van der Waals surface area contributed by atoms with Crippen LogP contribution in [0.25, 0.3) is 11.4 Å². The fourth-order valence-electron chi connectivity index (χ4n) is 3.89. The number of nitrogens with one attached hydrogen (secondary N) is 2. The number of hydrogen-bond acceptors (Lipinski definition) is 5. The molecule has 1 aliphatic rings. The van der Waals surface area contributed by atoms with E-state index < -0.39 is 5.25 Å². The van der Waals surface area contributed by atoms with Gasteiger partial charge < -0.3 is 10.7 Å². The van der Waals surface area contributed by atoms with E-state index in [0.29, 0.717) is 5.16 Å². The fraction of sp³-hybridized carbons (Fsp3) is 0.192. The lowest BCUT2D eigenvalue weighted by Crippen LogP contribution is -2.41. The molecule has 0 fully saturated rings. The first kappa shape index (κ1) is 21.3. The first-order chi connectivity index (χ1) is 16.1. The number of thioether (sulfide) groups is 1. The predicted octanol–water partition coefficient (Wildman–Crippen LogP) is 5.21. The first-order valence-corrected chi connectivity index (χ1v) is 11.9. The van der Waals surface area contributed by atoms with Crippen LogP contribution in [-0.2, 0) is 11.2 Å². The van der Waals surface area contributed by atoms with Crippen molar-refractivity contribution in [2.75, 3.05) is 10.7 Å². The van der Waals surface area contributed by atoms with Gasteiger partial charge in [0, 0.05) is 11.3 Å². The molecule has 0 spiro atoms. The van der Waals surface area contributed by atoms with Gasteiger partial charge in [-0.25, -0.2) is 4.68 Å². The highest BCUT2D eigenvalue weighted by Crippen LogP contribution is 2.39. The van der Waals surface area contributed by atoms with Crippen LogP contribution in [0.1, 0.15) is 29.7 Å². The summed E-state index contributed by atoms with van der Waals surface area (Å²) in [4.78, 5) is 13.4. The van der Waals surface area contributed by atoms with Crippen molar-refractivity contribution in [2.45, 2.75) is 36.7 Å². The summed E-state index contributed by atoms with van der Waals surface area (Å²) in [6.45, 7) is 4.17. The minimum absolute atomic E-state index is 0.0714. The van der Waals surface area contributed by atoms with E-state index in [-0.39, 0.29) is 11.9 Å². The van der Waals surface area contributed by atoms with Crippen LogP contribution in [0.3, 0.4) is 0 Å². The molecule has 0 unspecified atom stereocenters. The molecule has 33 heavy (non-hydrogen) atoms. The number of aryl methyl sites for hydroxylation is 2. The second-order valence-corrected chi connectivity index (χ2v) is 9.21. The molecular formula is C26H25N5OS. The zero-order chi connectivity index (χ0) is 22.8. The number of fused-ring (bicyclic) bond motifs is 1. The summed E-state index contributed by atoms with van der Waals surface area (Å²) in [6.07, 6.45) is 0.964. The molecule has 0 radical (unpaired) electrons. The summed E-state index contributed by atoms with van der Waals surface area (Å²) < 4.78 is 1.89. The van der Waals surface area contributed by atoms with Crippen molar-refractivity contribution in [3.05, 3.63) is 95.6 Å². The zero-order valence-corrected chi connectivity index (χ0v) is 19.3. The van der Waals surface area contributed by atoms with E-state index in [0.717, 1.165) is 29.1 Å². The highest BCUT2D eigenvalue weighted by atomic mass is 32.2. The molecule has 0 saturated carbocycles. The van der Waals surface area contributed by atoms with E-state index in [9.17, 15) is 4.79 Å². The maximum Gasteiger partial charge on any atom is 0.240 e. The van der Waals surface area contributed by atoms with Crippen LogP contribution in [-0.4, -0.2) is 26.0 Å². The number of nitrogens with zero attached hydrogens (tertiary/aromatic N) is 3. The van der Waals surface area contributed by atoms with Gasteiger partial charge in [-0.05, 0) is 36.6 Å². The van der Waals surface area contributed by atoms with Crippen molar-refractivity contribution in [1.82, 2.24) is 14.9 Å². The lowest BCUT2D eigenvalue weighted by Gasteiger charge is -2.33. The number of rotatable bonds is 5. The molecule has 3 aromatic carbocycles. The van der Waals surface area contributed by atoms with Crippen LogP contribution in [0, 0.1) is 6.92 Å². The van der Waals surface area contributed by atoms with Crippen LogP contribution in [0.15, 0.2) is 84.0 Å². The van der Waals surface area contributed by atoms with Crippen molar-refractivity contribution in [3.63, 3.8) is 0 Å². The van der Waals surface area contributed by atoms with Gasteiger partial charge in [0.2, 0.25) is 11.1 Å². The Labute approximate surface area is 197 Å². The van der Waals surface area contributed by atoms with E-state index in [1.807, 2.05) is 59.3 Å². The Hall–Kier alpha value is -3.58. The lowest BCUT2D eigenvalue weighted by atomic mass is 10.0. The van der Waals surface area contributed by atoms with Gasteiger partial charge in [-0.3, -0.25) is 4.79 Å². The van der Waals surface area contributed by atoms with Crippen molar-refractivity contribution in [3.8, 4) is 11.4 Å². The van der Waals surface area contributed by atoms with Crippen LogP contribution in [0.4, 0.5) is 5.69 Å². The molecular weight excluding hydrogens is 430 g/mol. The van der Waals surface area contributed by atoms with Crippen molar-refractivity contribution >= 4 is 23.4 Å². The minimum Gasteiger partial charge on any atom is -0.325 e. The third-order valence-electron chi connectivity index (χ3n) is 5.79. The Morgan fingerprint density at radius 3 is 2.42 bits per heavy atom. The number of anilines is 1. The molecule has 4 aromatic rings. The van der Waals surface area contributed by atoms with E-state index >= 15 is 0 Å². The maximum atomic E-state index is 13.4. The summed E-state index contributed by atoms with van der Waals surface area (Å²) in [5, 5.41) is 12.1. The van der Waals surface area contributed by atoms with Crippen LogP contribution < -0.4 is 10.7 Å². The molecule has 2 atom stereocenters. The molecule has 2 N–H and O–H groups in total. The molecule has 166 valence electrons. The smallest absolute Gasteiger partial charge is 0.240 e. The number of benzene rings is 3. The summed E-state index contributed by atoms with van der Waals surface area (Å²) >= 11 is 1.43. The van der Waals surface area contributed by atoms with Crippen molar-refractivity contribution in [1.29, 1.82) is 0 Å². The Morgan fingerprint density at radius 1 is 1.00 bits per heavy atom. The standard InChI is InChI=1S/C26H25N5OS/c1-3-18-11-15-21(16-12-18)27-25(32)23-22(19-13-9-17(2)10-14-19)30-31-24(28-29-26(31)33-23)20-7-5-4-6-8-20/h4-16,22-23,30H,3H2,1-2H3,(H,27,32)/t22-,23-/m1/s1. The molecule has 0 aliphatic carbocycles. The van der Waals surface area contributed by atoms with Gasteiger partial charge in [0.25, 0.3) is 0 Å². The van der Waals surface area contributed by atoms with E-state index in [2.05, 4.69) is 59.1 Å². The highest BCUT2D eigenvalue weighted by Gasteiger charge is 2.38. The number of carbonyl (C=O) groups excluding carboxylic acids is 1. The molecule has 5 rings (SSSR count). The summed E-state index contributed by atoms with van der Waals surface area (Å²) in [5.74, 6) is 0.655. The maximum absolute atomic E-state index is 13.4. The average Bonchev–Trinajstić information content (AvgIpc) is 3.28. The molecule has 2 heterocycles. The summed E-state index contributed by atoms with van der Waals surface area (Å²) in [7, 11) is 0. The number of aromatic nitrogens is 3. The van der Waals surface area contributed by atoms with Gasteiger partial charge in [0.15, 0.2) is 5.82 Å². The number of amides is 1. The largest absolute Gasteiger partial charge is 0.325 e. The molecule has 0 bridgehead atoms. The summed E-state index contributed by atoms with van der Waals surface area (Å²) in [5.41, 5.74) is 8.73. The van der Waals surface area contributed by atoms with E-state index in [4.69, 9.17) is 0 Å². The quantitative estimate of drug-likeness (QED) is 0.432. The van der Waals surface area contributed by atoms with Gasteiger partial charge >= 0.3 is 0 Å². The van der Waals surface area contributed by atoms with Gasteiger partial charge in [-0.1, -0.05) is 91.0 Å². The Kier molecular flexibility index (Phi) is 5.88. The monoisotopic (exact) mass is 455 g/mol. The van der Waals surface area contributed by atoms with Crippen LogP contribution in [0.5, 0.6) is 0 Å². The van der Waals surface area contributed by atoms with E-state index in [1.54, 1.807) is 0 Å². The first-order valence-electron chi connectivity index (χ1n) is 11.0. The number of hydrogen-bond donors (Lipinski definition) is 2. The third kappa shape index (κ3) is 4.36. The molecule has 6 nitrogen and oxygen atoms in total. The Bertz CT molecular complexity index is 1250. The predicted molar refractivity (Wildman–Crippen MR) is 133 cm³/mol. The van der Waals surface area contributed by atoms with Gasteiger partial charge in [-0.2, -0.15) is 0 Å². The molecule has 0 saturated heterocycles. The zero-order valence-electron chi connectivity index (χ0n) is 18.5. The second kappa shape index (κ2) is 9.11. The molecule has 1 aromatic heterocycles. The Morgan fingerprint density at radius 2 is 1.73 bits per heavy atom. The fourth-order valence-corrected chi connectivity index (χ4v) is 4.97. The number of carbonyl (C=O) groups is 1. The van der Waals surface area contributed by atoms with Crippen LogP contribution in [0.2, 0.25) is 0 Å². The highest BCUT2D eigenvalue weighted by molar-refractivity contribution is 8.00. The molecule has 1 amide bonds. The Balaban J connectivity index is 1.48. The molecule has 7 heteroatoms. The van der Waals surface area contributed by atoms with Gasteiger partial charge in [0.1, 0.15) is 5.25 Å². The third-order valence-corrected chi connectivity index (χ3v) is 7.01. The lowest BCUT2D eigenvalue weighted by molar-refractivity contribution is -0.116. The van der Waals surface area contributed by atoms with Gasteiger partial charge in [0.05, 0.1) is 6.04 Å². The van der Waals surface area contributed by atoms with Crippen LogP contribution >= 0.6 is 11.8 Å². The van der Waals surface area contributed by atoms with E-state index in [1.165, 1.54) is 22.9 Å². The second-order valence-electron chi connectivity index (χ2n) is 8.10. The SMILES string of the molecule is CCc1ccc(NC(=O)[C@@H]2Sc3nnc(-c4ccccc4)n3N[C@@H]2c2ccc(C)cc2)cc1. The minimum atomic E-state index is -0.418. The summed E-state index contributed by atoms with van der Waals surface area (Å²) in [6, 6.07) is 26.0.